The van der Waals surface area contributed by atoms with Gasteiger partial charge in [0, 0.05) is 22.5 Å². The molecule has 2 aromatic heterocycles. The highest BCUT2D eigenvalue weighted by Gasteiger charge is 2.12. The van der Waals surface area contributed by atoms with Crippen molar-refractivity contribution in [2.45, 2.75) is 13.5 Å². The van der Waals surface area contributed by atoms with Crippen LogP contribution in [0.5, 0.6) is 5.75 Å². The number of aromatic nitrogens is 2. The molecule has 0 bridgehead atoms. The molecule has 2 heterocycles. The molecule has 4 nitrogen and oxygen atoms in total. The van der Waals surface area contributed by atoms with Crippen molar-refractivity contribution in [2.24, 2.45) is 0 Å². The monoisotopic (exact) mass is 365 g/mol. The van der Waals surface area contributed by atoms with Crippen LogP contribution < -0.4 is 10.5 Å². The summed E-state index contributed by atoms with van der Waals surface area (Å²) in [4.78, 5) is 4.50. The molecule has 6 heteroatoms. The van der Waals surface area contributed by atoms with Crippen molar-refractivity contribution in [3.05, 3.63) is 57.4 Å². The van der Waals surface area contributed by atoms with E-state index in [0.717, 1.165) is 21.5 Å². The summed E-state index contributed by atoms with van der Waals surface area (Å²) in [5.41, 5.74) is 9.00. The molecule has 3 aromatic rings. The van der Waals surface area contributed by atoms with Gasteiger partial charge in [-0.25, -0.2) is 4.98 Å². The highest BCUT2D eigenvalue weighted by atomic mass is 79.9. The molecule has 0 amide bonds. The van der Waals surface area contributed by atoms with Gasteiger partial charge in [-0.15, -0.1) is 0 Å². The van der Waals surface area contributed by atoms with Crippen LogP contribution in [0.25, 0.3) is 5.65 Å². The molecule has 3 rings (SSSR count). The quantitative estimate of drug-likeness (QED) is 0.706. The van der Waals surface area contributed by atoms with Crippen molar-refractivity contribution in [1.82, 2.24) is 9.38 Å². The minimum atomic E-state index is 0.300. The maximum absolute atomic E-state index is 6.15. The molecule has 0 saturated carbocycles. The Bertz CT molecular complexity index is 796. The Morgan fingerprint density at radius 3 is 2.90 bits per heavy atom. The minimum Gasteiger partial charge on any atom is -0.485 e. The number of fused-ring (bicyclic) bond motifs is 1. The Hall–Kier alpha value is -1.72. The van der Waals surface area contributed by atoms with E-state index < -0.39 is 0 Å². The maximum Gasteiger partial charge on any atom is 0.180 e. The lowest BCUT2D eigenvalue weighted by atomic mass is 10.2. The number of nitrogens with zero attached hydrogens (tertiary/aromatic N) is 2. The van der Waals surface area contributed by atoms with E-state index in [1.807, 2.05) is 35.7 Å². The van der Waals surface area contributed by atoms with Crippen molar-refractivity contribution in [1.29, 1.82) is 0 Å². The summed E-state index contributed by atoms with van der Waals surface area (Å²) in [5, 5.41) is 0.600. The standard InChI is InChI=1S/C15H13BrClN3O/c1-9-14(16)20-7-3-6-13(15(20)19-9)21-8-10-11(17)4-2-5-12(10)18/h2-7H,8,18H2,1H3. The van der Waals surface area contributed by atoms with Crippen LogP contribution in [0.15, 0.2) is 41.1 Å². The molecule has 0 aliphatic heterocycles. The van der Waals surface area contributed by atoms with Gasteiger partial charge in [-0.1, -0.05) is 17.7 Å². The third-order valence-electron chi connectivity index (χ3n) is 3.24. The summed E-state index contributed by atoms with van der Waals surface area (Å²) in [6.45, 7) is 2.24. The number of nitrogen functional groups attached to an aromatic ring is 1. The van der Waals surface area contributed by atoms with Gasteiger partial charge in [0.1, 0.15) is 11.2 Å². The highest BCUT2D eigenvalue weighted by Crippen LogP contribution is 2.28. The van der Waals surface area contributed by atoms with Crippen LogP contribution in [0, 0.1) is 6.92 Å². The number of rotatable bonds is 3. The first kappa shape index (κ1) is 14.2. The van der Waals surface area contributed by atoms with Crippen molar-refractivity contribution < 1.29 is 4.74 Å². The van der Waals surface area contributed by atoms with Crippen molar-refractivity contribution in [2.75, 3.05) is 5.73 Å². The van der Waals surface area contributed by atoms with E-state index >= 15 is 0 Å². The molecule has 0 spiro atoms. The van der Waals surface area contributed by atoms with Crippen LogP contribution in [-0.2, 0) is 6.61 Å². The predicted octanol–water partition coefficient (Wildman–Crippen LogP) is 4.22. The van der Waals surface area contributed by atoms with E-state index in [9.17, 15) is 0 Å². The van der Waals surface area contributed by atoms with E-state index in [4.69, 9.17) is 22.1 Å². The fraction of sp³-hybridized carbons (Fsp3) is 0.133. The Morgan fingerprint density at radius 1 is 1.33 bits per heavy atom. The number of imidazole rings is 1. The lowest BCUT2D eigenvalue weighted by Crippen LogP contribution is -2.02. The Labute approximate surface area is 135 Å². The fourth-order valence-corrected chi connectivity index (χ4v) is 2.73. The van der Waals surface area contributed by atoms with E-state index in [1.54, 1.807) is 12.1 Å². The third-order valence-corrected chi connectivity index (χ3v) is 4.55. The van der Waals surface area contributed by atoms with Gasteiger partial charge in [0.2, 0.25) is 0 Å². The van der Waals surface area contributed by atoms with Crippen LogP contribution in [0.4, 0.5) is 5.69 Å². The normalized spacial score (nSPS) is 11.0. The van der Waals surface area contributed by atoms with Gasteiger partial charge in [0.15, 0.2) is 11.4 Å². The minimum absolute atomic E-state index is 0.300. The number of anilines is 1. The van der Waals surface area contributed by atoms with Gasteiger partial charge in [0.25, 0.3) is 0 Å². The summed E-state index contributed by atoms with van der Waals surface area (Å²) in [7, 11) is 0. The molecule has 2 N–H and O–H groups in total. The second kappa shape index (κ2) is 5.58. The van der Waals surface area contributed by atoms with E-state index in [-0.39, 0.29) is 0 Å². The number of benzene rings is 1. The molecule has 0 fully saturated rings. The molecule has 21 heavy (non-hydrogen) atoms. The van der Waals surface area contributed by atoms with Crippen molar-refractivity contribution in [3.8, 4) is 5.75 Å². The third kappa shape index (κ3) is 2.59. The first-order valence-electron chi connectivity index (χ1n) is 6.36. The number of hydrogen-bond donors (Lipinski definition) is 1. The van der Waals surface area contributed by atoms with Crippen molar-refractivity contribution in [3.63, 3.8) is 0 Å². The van der Waals surface area contributed by atoms with Crippen LogP contribution >= 0.6 is 27.5 Å². The molecular weight excluding hydrogens is 354 g/mol. The molecule has 0 saturated heterocycles. The highest BCUT2D eigenvalue weighted by molar-refractivity contribution is 9.10. The average Bonchev–Trinajstić information content (AvgIpc) is 2.75. The van der Waals surface area contributed by atoms with E-state index in [1.165, 1.54) is 0 Å². The number of halogens is 2. The number of hydrogen-bond acceptors (Lipinski definition) is 3. The van der Waals surface area contributed by atoms with Gasteiger partial charge in [0.05, 0.1) is 5.69 Å². The second-order valence-corrected chi connectivity index (χ2v) is 5.81. The largest absolute Gasteiger partial charge is 0.485 e. The number of nitrogens with two attached hydrogens (primary N) is 1. The summed E-state index contributed by atoms with van der Waals surface area (Å²) in [6.07, 6.45) is 1.93. The van der Waals surface area contributed by atoms with E-state index in [2.05, 4.69) is 20.9 Å². The Kier molecular flexibility index (Phi) is 3.78. The van der Waals surface area contributed by atoms with Gasteiger partial charge in [-0.3, -0.25) is 4.40 Å². The summed E-state index contributed by atoms with van der Waals surface area (Å²) in [6, 6.07) is 9.21. The van der Waals surface area contributed by atoms with Crippen molar-refractivity contribution >= 4 is 38.9 Å². The van der Waals surface area contributed by atoms with Crippen LogP contribution in [0.1, 0.15) is 11.3 Å². The lowest BCUT2D eigenvalue weighted by Gasteiger charge is -2.10. The van der Waals surface area contributed by atoms with Gasteiger partial charge in [-0.2, -0.15) is 0 Å². The Balaban J connectivity index is 1.94. The Morgan fingerprint density at radius 2 is 2.14 bits per heavy atom. The number of ether oxygens (including phenoxy) is 1. The number of pyridine rings is 1. The van der Waals surface area contributed by atoms with E-state index in [0.29, 0.717) is 23.1 Å². The molecule has 0 aliphatic rings. The summed E-state index contributed by atoms with van der Waals surface area (Å²) < 4.78 is 8.71. The van der Waals surface area contributed by atoms with Crippen LogP contribution in [-0.4, -0.2) is 9.38 Å². The number of aryl methyl sites for hydroxylation is 1. The smallest absolute Gasteiger partial charge is 0.180 e. The molecule has 0 atom stereocenters. The molecule has 1 aromatic carbocycles. The summed E-state index contributed by atoms with van der Waals surface area (Å²) in [5.74, 6) is 0.686. The van der Waals surface area contributed by atoms with Gasteiger partial charge in [-0.05, 0) is 47.1 Å². The van der Waals surface area contributed by atoms with Crippen LogP contribution in [0.3, 0.4) is 0 Å². The lowest BCUT2D eigenvalue weighted by molar-refractivity contribution is 0.309. The first-order valence-corrected chi connectivity index (χ1v) is 7.54. The topological polar surface area (TPSA) is 52.5 Å². The summed E-state index contributed by atoms with van der Waals surface area (Å²) >= 11 is 9.66. The second-order valence-electron chi connectivity index (χ2n) is 4.65. The molecular formula is C15H13BrClN3O. The fourth-order valence-electron chi connectivity index (χ4n) is 2.12. The molecule has 0 radical (unpaired) electrons. The predicted molar refractivity (Wildman–Crippen MR) is 87.8 cm³/mol. The zero-order valence-corrected chi connectivity index (χ0v) is 13.6. The van der Waals surface area contributed by atoms with Crippen LogP contribution in [0.2, 0.25) is 5.02 Å². The molecule has 0 aliphatic carbocycles. The van der Waals surface area contributed by atoms with Gasteiger partial charge < -0.3 is 10.5 Å². The molecule has 108 valence electrons. The zero-order chi connectivity index (χ0) is 15.0. The maximum atomic E-state index is 6.15. The zero-order valence-electron chi connectivity index (χ0n) is 11.3. The average molecular weight is 367 g/mol. The first-order chi connectivity index (χ1) is 10.1. The van der Waals surface area contributed by atoms with Gasteiger partial charge >= 0.3 is 0 Å². The SMILES string of the molecule is Cc1nc2c(OCc3c(N)cccc3Cl)cccn2c1Br. The molecule has 0 unspecified atom stereocenters.